The van der Waals surface area contributed by atoms with Crippen molar-refractivity contribution in [1.82, 2.24) is 19.2 Å². The van der Waals surface area contributed by atoms with Gasteiger partial charge in [-0.1, -0.05) is 39.8 Å². The van der Waals surface area contributed by atoms with Crippen LogP contribution in [0.4, 0.5) is 5.69 Å². The lowest BCUT2D eigenvalue weighted by Crippen LogP contribution is -2.24. The normalized spacial score (nSPS) is 11.8. The Balaban J connectivity index is 1.48. The van der Waals surface area contributed by atoms with E-state index in [-0.39, 0.29) is 11.5 Å². The highest BCUT2D eigenvalue weighted by Gasteiger charge is 2.18. The number of rotatable bonds is 8. The lowest BCUT2D eigenvalue weighted by molar-refractivity contribution is -0.116. The monoisotopic (exact) mass is 451 g/mol. The van der Waals surface area contributed by atoms with Crippen molar-refractivity contribution in [3.8, 4) is 0 Å². The number of carbonyl (C=O) groups excluding carboxylic acids is 1. The number of anilines is 1. The molecule has 4 aromatic rings. The lowest BCUT2D eigenvalue weighted by Gasteiger charge is -2.11. The van der Waals surface area contributed by atoms with Crippen LogP contribution in [0.2, 0.25) is 0 Å². The number of aromatic nitrogens is 4. The third-order valence-corrected chi connectivity index (χ3v) is 6.38. The molecular weight excluding hydrogens is 422 g/mol. The van der Waals surface area contributed by atoms with Crippen LogP contribution >= 0.6 is 11.3 Å². The zero-order chi connectivity index (χ0) is 22.8. The Morgan fingerprint density at radius 2 is 1.84 bits per heavy atom. The van der Waals surface area contributed by atoms with Crippen molar-refractivity contribution in [1.29, 1.82) is 0 Å². The summed E-state index contributed by atoms with van der Waals surface area (Å²) in [5.41, 5.74) is 2.88. The van der Waals surface area contributed by atoms with Crippen LogP contribution in [0.15, 0.2) is 40.5 Å². The number of thiophene rings is 1. The van der Waals surface area contributed by atoms with E-state index < -0.39 is 0 Å². The Morgan fingerprint density at radius 3 is 2.53 bits per heavy atom. The number of hydrogen-bond acceptors (Lipinski definition) is 5. The summed E-state index contributed by atoms with van der Waals surface area (Å²) in [6.45, 7) is 9.04. The van der Waals surface area contributed by atoms with Crippen molar-refractivity contribution >= 4 is 38.9 Å². The number of nitrogens with one attached hydrogen (secondary N) is 1. The standard InChI is InChI=1S/C24H29N5O2S/c1-15(2)14-28-23(31)22-19(12-13-32-22)29-20(26-27-24(28)29)6-5-7-21(30)25-18-10-8-17(9-11-18)16(3)4/h8-13,15-16H,5-7,14H2,1-4H3,(H,25,30). The van der Waals surface area contributed by atoms with Gasteiger partial charge in [0.2, 0.25) is 11.7 Å². The van der Waals surface area contributed by atoms with E-state index in [2.05, 4.69) is 43.2 Å². The third-order valence-electron chi connectivity index (χ3n) is 5.49. The molecule has 0 aliphatic carbocycles. The van der Waals surface area contributed by atoms with E-state index in [1.807, 2.05) is 40.1 Å². The van der Waals surface area contributed by atoms with Gasteiger partial charge in [0.15, 0.2) is 0 Å². The zero-order valence-electron chi connectivity index (χ0n) is 19.0. The van der Waals surface area contributed by atoms with Gasteiger partial charge in [-0.25, -0.2) is 0 Å². The summed E-state index contributed by atoms with van der Waals surface area (Å²) in [6.07, 6.45) is 1.64. The minimum absolute atomic E-state index is 0.0157. The van der Waals surface area contributed by atoms with Gasteiger partial charge >= 0.3 is 0 Å². The highest BCUT2D eigenvalue weighted by atomic mass is 32.1. The first-order valence-corrected chi connectivity index (χ1v) is 12.0. The van der Waals surface area contributed by atoms with Crippen molar-refractivity contribution in [3.63, 3.8) is 0 Å². The van der Waals surface area contributed by atoms with Gasteiger partial charge in [-0.15, -0.1) is 21.5 Å². The van der Waals surface area contributed by atoms with Crippen molar-refractivity contribution in [2.45, 2.75) is 59.4 Å². The Kier molecular flexibility index (Phi) is 6.41. The molecule has 7 nitrogen and oxygen atoms in total. The molecule has 168 valence electrons. The van der Waals surface area contributed by atoms with Crippen LogP contribution < -0.4 is 10.9 Å². The average Bonchev–Trinajstić information content (AvgIpc) is 3.38. The highest BCUT2D eigenvalue weighted by molar-refractivity contribution is 7.17. The summed E-state index contributed by atoms with van der Waals surface area (Å²) in [5.74, 6) is 2.10. The van der Waals surface area contributed by atoms with Crippen molar-refractivity contribution in [2.75, 3.05) is 5.32 Å². The molecule has 0 atom stereocenters. The summed E-state index contributed by atoms with van der Waals surface area (Å²) in [4.78, 5) is 25.3. The van der Waals surface area contributed by atoms with E-state index in [4.69, 9.17) is 0 Å². The fourth-order valence-corrected chi connectivity index (χ4v) is 4.68. The van der Waals surface area contributed by atoms with Gasteiger partial charge in [-0.2, -0.15) is 0 Å². The maximum Gasteiger partial charge on any atom is 0.272 e. The van der Waals surface area contributed by atoms with Crippen molar-refractivity contribution in [3.05, 3.63) is 57.5 Å². The molecule has 4 rings (SSSR count). The van der Waals surface area contributed by atoms with Gasteiger partial charge in [-0.3, -0.25) is 18.6 Å². The predicted octanol–water partition coefficient (Wildman–Crippen LogP) is 4.85. The molecule has 8 heteroatoms. The predicted molar refractivity (Wildman–Crippen MR) is 130 cm³/mol. The summed E-state index contributed by atoms with van der Waals surface area (Å²) in [6, 6.07) is 9.92. The number of aryl methyl sites for hydroxylation is 1. The molecule has 0 radical (unpaired) electrons. The Labute approximate surface area is 191 Å². The van der Waals surface area contributed by atoms with E-state index >= 15 is 0 Å². The minimum atomic E-state index is -0.0199. The smallest absolute Gasteiger partial charge is 0.272 e. The molecule has 1 amide bonds. The first kappa shape index (κ1) is 22.2. The van der Waals surface area contributed by atoms with E-state index in [0.717, 1.165) is 17.0 Å². The number of carbonyl (C=O) groups is 1. The molecule has 0 unspecified atom stereocenters. The number of fused-ring (bicyclic) bond motifs is 3. The fourth-order valence-electron chi connectivity index (χ4n) is 3.85. The molecule has 0 saturated heterocycles. The largest absolute Gasteiger partial charge is 0.326 e. The fraction of sp³-hybridized carbons (Fsp3) is 0.417. The maximum atomic E-state index is 12.9. The van der Waals surface area contributed by atoms with E-state index in [9.17, 15) is 9.59 Å². The second-order valence-corrected chi connectivity index (χ2v) is 9.79. The van der Waals surface area contributed by atoms with Crippen LogP contribution in [0.3, 0.4) is 0 Å². The second-order valence-electron chi connectivity index (χ2n) is 8.87. The van der Waals surface area contributed by atoms with E-state index in [0.29, 0.717) is 48.1 Å². The molecule has 3 heterocycles. The molecular formula is C24H29N5O2S. The average molecular weight is 452 g/mol. The molecule has 0 bridgehead atoms. The van der Waals surface area contributed by atoms with Gasteiger partial charge in [0.05, 0.1) is 5.52 Å². The van der Waals surface area contributed by atoms with Crippen LogP contribution in [-0.2, 0) is 17.8 Å². The van der Waals surface area contributed by atoms with Gasteiger partial charge in [0.25, 0.3) is 5.56 Å². The minimum Gasteiger partial charge on any atom is -0.326 e. The first-order chi connectivity index (χ1) is 15.3. The molecule has 1 aromatic carbocycles. The Morgan fingerprint density at radius 1 is 1.09 bits per heavy atom. The number of amides is 1. The van der Waals surface area contributed by atoms with E-state index in [1.165, 1.54) is 16.9 Å². The molecule has 0 aliphatic rings. The molecule has 0 saturated carbocycles. The lowest BCUT2D eigenvalue weighted by atomic mass is 10.0. The summed E-state index contributed by atoms with van der Waals surface area (Å²) in [7, 11) is 0. The Hall–Kier alpha value is -3.00. The number of nitrogens with zero attached hydrogens (tertiary/aromatic N) is 4. The van der Waals surface area contributed by atoms with Crippen LogP contribution in [-0.4, -0.2) is 25.1 Å². The van der Waals surface area contributed by atoms with E-state index in [1.54, 1.807) is 4.57 Å². The Bertz CT molecular complexity index is 1300. The van der Waals surface area contributed by atoms with Crippen LogP contribution in [0.1, 0.15) is 57.8 Å². The first-order valence-electron chi connectivity index (χ1n) is 11.1. The topological polar surface area (TPSA) is 81.3 Å². The van der Waals surface area contributed by atoms with Gasteiger partial charge < -0.3 is 5.32 Å². The van der Waals surface area contributed by atoms with Crippen LogP contribution in [0, 0.1) is 5.92 Å². The van der Waals surface area contributed by atoms with Gasteiger partial charge in [-0.05, 0) is 47.4 Å². The van der Waals surface area contributed by atoms with Crippen molar-refractivity contribution < 1.29 is 4.79 Å². The maximum absolute atomic E-state index is 12.9. The summed E-state index contributed by atoms with van der Waals surface area (Å²) >= 11 is 1.44. The van der Waals surface area contributed by atoms with Gasteiger partial charge in [0.1, 0.15) is 10.5 Å². The summed E-state index contributed by atoms with van der Waals surface area (Å²) in [5, 5.41) is 13.6. The molecule has 0 fully saturated rings. The van der Waals surface area contributed by atoms with Gasteiger partial charge in [0, 0.05) is 25.1 Å². The van der Waals surface area contributed by atoms with Crippen molar-refractivity contribution in [2.24, 2.45) is 5.92 Å². The van der Waals surface area contributed by atoms with Crippen LogP contribution in [0.25, 0.3) is 16.0 Å². The molecule has 0 aliphatic heterocycles. The quantitative estimate of drug-likeness (QED) is 0.415. The zero-order valence-corrected chi connectivity index (χ0v) is 19.8. The highest BCUT2D eigenvalue weighted by Crippen LogP contribution is 2.21. The number of benzene rings is 1. The molecule has 1 N–H and O–H groups in total. The molecule has 0 spiro atoms. The molecule has 3 aromatic heterocycles. The molecule has 32 heavy (non-hydrogen) atoms. The second kappa shape index (κ2) is 9.24. The van der Waals surface area contributed by atoms with Crippen LogP contribution in [0.5, 0.6) is 0 Å². The third kappa shape index (κ3) is 4.46. The SMILES string of the molecule is CC(C)Cn1c(=O)c2sccc2n2c(CCCC(=O)Nc3ccc(C(C)C)cc3)nnc12. The summed E-state index contributed by atoms with van der Waals surface area (Å²) < 4.78 is 4.40. The number of hydrogen-bond donors (Lipinski definition) is 1.